The zero-order valence-corrected chi connectivity index (χ0v) is 15.7. The fraction of sp³-hybridized carbons (Fsp3) is 0.188. The lowest BCUT2D eigenvalue weighted by Gasteiger charge is -2.09. The fourth-order valence-corrected chi connectivity index (χ4v) is 3.06. The van der Waals surface area contributed by atoms with Crippen molar-refractivity contribution in [1.82, 2.24) is 16.2 Å². The maximum absolute atomic E-state index is 11.8. The molecule has 3 amide bonds. The van der Waals surface area contributed by atoms with E-state index in [0.29, 0.717) is 10.6 Å². The third kappa shape index (κ3) is 6.55. The predicted octanol–water partition coefficient (Wildman–Crippen LogP) is 1.78. The van der Waals surface area contributed by atoms with E-state index in [-0.39, 0.29) is 19.1 Å². The normalized spacial score (nSPS) is 10.0. The largest absolute Gasteiger partial charge is 0.484 e. The summed E-state index contributed by atoms with van der Waals surface area (Å²) in [5.41, 5.74) is 5.43. The summed E-state index contributed by atoms with van der Waals surface area (Å²) in [6.45, 7) is 1.42. The summed E-state index contributed by atoms with van der Waals surface area (Å²) < 4.78 is 6.13. The lowest BCUT2D eigenvalue weighted by Crippen LogP contribution is -2.47. The third-order valence-electron chi connectivity index (χ3n) is 2.91. The van der Waals surface area contributed by atoms with Gasteiger partial charge in [0, 0.05) is 0 Å². The number of hydrazine groups is 1. The van der Waals surface area contributed by atoms with Crippen LogP contribution in [-0.2, 0) is 9.59 Å². The number of nitrogens with one attached hydrogen (secondary N) is 3. The topological polar surface area (TPSA) is 96.5 Å². The highest BCUT2D eigenvalue weighted by Gasteiger charge is 2.11. The van der Waals surface area contributed by atoms with Crippen LogP contribution in [-0.4, -0.2) is 30.9 Å². The summed E-state index contributed by atoms with van der Waals surface area (Å²) in [7, 11) is 0. The second kappa shape index (κ2) is 9.19. The van der Waals surface area contributed by atoms with Crippen LogP contribution < -0.4 is 20.9 Å². The van der Waals surface area contributed by atoms with Gasteiger partial charge in [-0.3, -0.25) is 25.2 Å². The third-order valence-corrected chi connectivity index (χ3v) is 4.53. The first-order chi connectivity index (χ1) is 11.9. The van der Waals surface area contributed by atoms with Crippen molar-refractivity contribution in [3.63, 3.8) is 0 Å². The molecule has 0 fully saturated rings. The number of benzene rings is 1. The van der Waals surface area contributed by atoms with Gasteiger partial charge in [0.15, 0.2) is 6.61 Å². The minimum absolute atomic E-state index is 0.237. The van der Waals surface area contributed by atoms with E-state index in [1.807, 2.05) is 19.1 Å². The van der Waals surface area contributed by atoms with E-state index < -0.39 is 11.8 Å². The van der Waals surface area contributed by atoms with Crippen molar-refractivity contribution in [3.05, 3.63) is 50.6 Å². The van der Waals surface area contributed by atoms with Gasteiger partial charge in [-0.15, -0.1) is 11.3 Å². The summed E-state index contributed by atoms with van der Waals surface area (Å²) >= 11 is 4.51. The number of rotatable bonds is 6. The molecule has 0 aliphatic heterocycles. The van der Waals surface area contributed by atoms with Gasteiger partial charge in [-0.1, -0.05) is 12.1 Å². The van der Waals surface area contributed by atoms with E-state index >= 15 is 0 Å². The molecule has 1 heterocycles. The van der Waals surface area contributed by atoms with Crippen LogP contribution in [0.15, 0.2) is 40.2 Å². The van der Waals surface area contributed by atoms with Gasteiger partial charge in [-0.25, -0.2) is 0 Å². The zero-order valence-electron chi connectivity index (χ0n) is 13.3. The number of hydrogen-bond donors (Lipinski definition) is 3. The van der Waals surface area contributed by atoms with Crippen molar-refractivity contribution in [2.75, 3.05) is 13.2 Å². The highest BCUT2D eigenvalue weighted by atomic mass is 79.9. The van der Waals surface area contributed by atoms with Gasteiger partial charge >= 0.3 is 0 Å². The molecule has 0 unspecified atom stereocenters. The van der Waals surface area contributed by atoms with Crippen LogP contribution in [0.3, 0.4) is 0 Å². The van der Waals surface area contributed by atoms with Crippen LogP contribution in [0.5, 0.6) is 5.75 Å². The van der Waals surface area contributed by atoms with Crippen LogP contribution >= 0.6 is 27.3 Å². The van der Waals surface area contributed by atoms with Crippen LogP contribution in [0.4, 0.5) is 0 Å². The molecule has 25 heavy (non-hydrogen) atoms. The standard InChI is InChI=1S/C16H16BrN3O4S/c1-10-3-2-4-11(7-10)24-9-15(22)20-19-14(21)8-18-16(23)12-5-6-13(17)25-12/h2-7H,8-9H2,1H3,(H,18,23)(H,19,21)(H,20,22). The number of halogens is 1. The van der Waals surface area contributed by atoms with Crippen molar-refractivity contribution in [2.45, 2.75) is 6.92 Å². The second-order valence-electron chi connectivity index (χ2n) is 4.99. The number of hydrogen-bond acceptors (Lipinski definition) is 5. The molecule has 0 atom stereocenters. The molecule has 0 spiro atoms. The molecule has 0 aliphatic carbocycles. The Hall–Kier alpha value is -2.39. The molecule has 2 rings (SSSR count). The Morgan fingerprint density at radius 3 is 2.56 bits per heavy atom. The molecule has 0 saturated heterocycles. The molecule has 3 N–H and O–H groups in total. The molecule has 0 aliphatic rings. The average Bonchev–Trinajstić information content (AvgIpc) is 3.02. The Labute approximate surface area is 156 Å². The van der Waals surface area contributed by atoms with E-state index in [1.54, 1.807) is 24.3 Å². The summed E-state index contributed by atoms with van der Waals surface area (Å²) in [4.78, 5) is 35.5. The Bertz CT molecular complexity index is 778. The second-order valence-corrected chi connectivity index (χ2v) is 7.45. The van der Waals surface area contributed by atoms with Gasteiger partial charge < -0.3 is 10.1 Å². The zero-order chi connectivity index (χ0) is 18.2. The summed E-state index contributed by atoms with van der Waals surface area (Å²) in [5.74, 6) is -0.855. The van der Waals surface area contributed by atoms with Crippen molar-refractivity contribution in [3.8, 4) is 5.75 Å². The predicted molar refractivity (Wildman–Crippen MR) is 97.3 cm³/mol. The summed E-state index contributed by atoms with van der Waals surface area (Å²) in [6, 6.07) is 10.7. The number of amides is 3. The van der Waals surface area contributed by atoms with Crippen LogP contribution in [0.1, 0.15) is 15.2 Å². The van der Waals surface area contributed by atoms with Gasteiger partial charge in [-0.2, -0.15) is 0 Å². The first-order valence-electron chi connectivity index (χ1n) is 7.25. The Balaban J connectivity index is 1.65. The van der Waals surface area contributed by atoms with Crippen LogP contribution in [0, 0.1) is 6.92 Å². The minimum Gasteiger partial charge on any atom is -0.484 e. The molecular weight excluding hydrogens is 410 g/mol. The molecule has 7 nitrogen and oxygen atoms in total. The minimum atomic E-state index is -0.548. The smallest absolute Gasteiger partial charge is 0.276 e. The lowest BCUT2D eigenvalue weighted by molar-refractivity contribution is -0.129. The first kappa shape index (κ1) is 18.9. The number of carbonyl (C=O) groups excluding carboxylic acids is 3. The molecule has 0 bridgehead atoms. The van der Waals surface area contributed by atoms with Crippen molar-refractivity contribution in [1.29, 1.82) is 0 Å². The highest BCUT2D eigenvalue weighted by Crippen LogP contribution is 2.21. The Kier molecular flexibility index (Phi) is 6.96. The lowest BCUT2D eigenvalue weighted by atomic mass is 10.2. The number of aryl methyl sites for hydroxylation is 1. The van der Waals surface area contributed by atoms with Gasteiger partial charge in [-0.05, 0) is 52.7 Å². The quantitative estimate of drug-likeness (QED) is 0.614. The molecule has 1 aromatic carbocycles. The first-order valence-corrected chi connectivity index (χ1v) is 8.85. The molecule has 132 valence electrons. The van der Waals surface area contributed by atoms with E-state index in [1.165, 1.54) is 11.3 Å². The molecule has 9 heteroatoms. The Morgan fingerprint density at radius 2 is 1.88 bits per heavy atom. The van der Waals surface area contributed by atoms with Crippen LogP contribution in [0.2, 0.25) is 0 Å². The van der Waals surface area contributed by atoms with E-state index in [9.17, 15) is 14.4 Å². The monoisotopic (exact) mass is 425 g/mol. The van der Waals surface area contributed by atoms with Crippen molar-refractivity contribution in [2.24, 2.45) is 0 Å². The number of thiophene rings is 1. The Morgan fingerprint density at radius 1 is 1.12 bits per heavy atom. The highest BCUT2D eigenvalue weighted by molar-refractivity contribution is 9.11. The van der Waals surface area contributed by atoms with E-state index in [2.05, 4.69) is 32.1 Å². The number of carbonyl (C=O) groups is 3. The van der Waals surface area contributed by atoms with Gasteiger partial charge in [0.25, 0.3) is 17.7 Å². The number of ether oxygens (including phenoxy) is 1. The van der Waals surface area contributed by atoms with Gasteiger partial charge in [0.05, 0.1) is 15.2 Å². The average molecular weight is 426 g/mol. The summed E-state index contributed by atoms with van der Waals surface area (Å²) in [5, 5.41) is 2.46. The molecule has 0 saturated carbocycles. The fourth-order valence-electron chi connectivity index (χ4n) is 1.76. The molecule has 1 aromatic heterocycles. The van der Waals surface area contributed by atoms with E-state index in [0.717, 1.165) is 9.35 Å². The molecule has 0 radical (unpaired) electrons. The van der Waals surface area contributed by atoms with Crippen LogP contribution in [0.25, 0.3) is 0 Å². The van der Waals surface area contributed by atoms with Crippen molar-refractivity contribution >= 4 is 45.0 Å². The maximum Gasteiger partial charge on any atom is 0.276 e. The SMILES string of the molecule is Cc1cccc(OCC(=O)NNC(=O)CNC(=O)c2ccc(Br)s2)c1. The van der Waals surface area contributed by atoms with Crippen molar-refractivity contribution < 1.29 is 19.1 Å². The molecule has 2 aromatic rings. The maximum atomic E-state index is 11.8. The summed E-state index contributed by atoms with van der Waals surface area (Å²) in [6.07, 6.45) is 0. The van der Waals surface area contributed by atoms with Gasteiger partial charge in [0.2, 0.25) is 0 Å². The molecular formula is C16H16BrN3O4S. The van der Waals surface area contributed by atoms with E-state index in [4.69, 9.17) is 4.74 Å². The van der Waals surface area contributed by atoms with Gasteiger partial charge in [0.1, 0.15) is 5.75 Å².